The lowest BCUT2D eigenvalue weighted by Gasteiger charge is -2.17. The lowest BCUT2D eigenvalue weighted by atomic mass is 10.1. The highest BCUT2D eigenvalue weighted by molar-refractivity contribution is 5.23. The normalized spacial score (nSPS) is 18.9. The largest absolute Gasteiger partial charge is 0.298 e. The molecule has 2 nitrogen and oxygen atoms in total. The van der Waals surface area contributed by atoms with Gasteiger partial charge < -0.3 is 0 Å². The Morgan fingerprint density at radius 1 is 1.19 bits per heavy atom. The molecule has 88 valence electrons. The van der Waals surface area contributed by atoms with E-state index in [2.05, 4.69) is 43.6 Å². The van der Waals surface area contributed by atoms with E-state index >= 15 is 0 Å². The average molecular weight is 219 g/mol. The molecule has 1 aliphatic rings. The third-order valence-electron chi connectivity index (χ3n) is 3.29. The molecular formula is C14H21NO. The number of nitrogens with one attached hydrogen (secondary N) is 1. The summed E-state index contributed by atoms with van der Waals surface area (Å²) < 4.78 is 0. The van der Waals surface area contributed by atoms with Gasteiger partial charge in [0.2, 0.25) is 0 Å². The summed E-state index contributed by atoms with van der Waals surface area (Å²) in [5, 5.41) is 0. The van der Waals surface area contributed by atoms with Crippen molar-refractivity contribution in [1.29, 1.82) is 0 Å². The molecule has 0 amide bonds. The quantitative estimate of drug-likeness (QED) is 0.782. The third kappa shape index (κ3) is 3.06. The van der Waals surface area contributed by atoms with Gasteiger partial charge in [-0.05, 0) is 32.3 Å². The predicted octanol–water partition coefficient (Wildman–Crippen LogP) is 3.52. The van der Waals surface area contributed by atoms with Crippen molar-refractivity contribution < 1.29 is 4.84 Å². The number of aryl methyl sites for hydroxylation is 1. The van der Waals surface area contributed by atoms with Gasteiger partial charge in [-0.15, -0.1) is 0 Å². The molecule has 16 heavy (non-hydrogen) atoms. The van der Waals surface area contributed by atoms with Crippen LogP contribution in [0.2, 0.25) is 0 Å². The molecule has 1 fully saturated rings. The van der Waals surface area contributed by atoms with Crippen molar-refractivity contribution in [2.45, 2.75) is 51.7 Å². The minimum Gasteiger partial charge on any atom is -0.298 e. The van der Waals surface area contributed by atoms with E-state index in [0.717, 1.165) is 0 Å². The smallest absolute Gasteiger partial charge is 0.0790 e. The second-order valence-corrected chi connectivity index (χ2v) is 4.77. The molecule has 2 heteroatoms. The summed E-state index contributed by atoms with van der Waals surface area (Å²) in [6.07, 6.45) is 5.45. The molecule has 1 aliphatic carbocycles. The molecule has 0 spiro atoms. The fourth-order valence-electron chi connectivity index (χ4n) is 2.13. The number of hydroxylamine groups is 1. The van der Waals surface area contributed by atoms with Crippen molar-refractivity contribution in [2.75, 3.05) is 0 Å². The van der Waals surface area contributed by atoms with Crippen molar-refractivity contribution in [1.82, 2.24) is 5.48 Å². The summed E-state index contributed by atoms with van der Waals surface area (Å²) in [4.78, 5) is 5.70. The van der Waals surface area contributed by atoms with Gasteiger partial charge in [-0.25, -0.2) is 0 Å². The summed E-state index contributed by atoms with van der Waals surface area (Å²) >= 11 is 0. The lowest BCUT2D eigenvalue weighted by molar-refractivity contribution is -0.0376. The molecule has 0 radical (unpaired) electrons. The first-order valence-corrected chi connectivity index (χ1v) is 6.23. The van der Waals surface area contributed by atoms with Crippen LogP contribution in [-0.2, 0) is 4.84 Å². The number of hydrogen-bond donors (Lipinski definition) is 1. The van der Waals surface area contributed by atoms with E-state index in [-0.39, 0.29) is 6.04 Å². The maximum atomic E-state index is 5.70. The highest BCUT2D eigenvalue weighted by atomic mass is 16.7. The molecule has 0 aliphatic heterocycles. The van der Waals surface area contributed by atoms with Crippen LogP contribution in [0.3, 0.4) is 0 Å². The Bertz CT molecular complexity index is 314. The van der Waals surface area contributed by atoms with Crippen LogP contribution in [0.5, 0.6) is 0 Å². The zero-order valence-corrected chi connectivity index (χ0v) is 10.2. The Kier molecular flexibility index (Phi) is 3.97. The van der Waals surface area contributed by atoms with Crippen molar-refractivity contribution in [3.63, 3.8) is 0 Å². The van der Waals surface area contributed by atoms with E-state index in [0.29, 0.717) is 6.10 Å². The zero-order valence-electron chi connectivity index (χ0n) is 10.2. The van der Waals surface area contributed by atoms with Gasteiger partial charge in [-0.2, -0.15) is 5.48 Å². The highest BCUT2D eigenvalue weighted by Crippen LogP contribution is 2.21. The van der Waals surface area contributed by atoms with E-state index in [1.165, 1.54) is 36.8 Å². The molecule has 0 bridgehead atoms. The first-order chi connectivity index (χ1) is 7.75. The van der Waals surface area contributed by atoms with Crippen LogP contribution in [0, 0.1) is 6.92 Å². The highest BCUT2D eigenvalue weighted by Gasteiger charge is 2.16. The molecule has 1 unspecified atom stereocenters. The summed E-state index contributed by atoms with van der Waals surface area (Å²) in [5.41, 5.74) is 5.74. The van der Waals surface area contributed by atoms with Crippen LogP contribution in [-0.4, -0.2) is 6.10 Å². The van der Waals surface area contributed by atoms with Crippen LogP contribution >= 0.6 is 0 Å². The van der Waals surface area contributed by atoms with Crippen LogP contribution in [0.15, 0.2) is 24.3 Å². The molecule has 1 aromatic carbocycles. The molecule has 1 atom stereocenters. The minimum absolute atomic E-state index is 0.265. The van der Waals surface area contributed by atoms with Crippen molar-refractivity contribution in [3.8, 4) is 0 Å². The first-order valence-electron chi connectivity index (χ1n) is 6.23. The van der Waals surface area contributed by atoms with E-state index in [1.807, 2.05) is 0 Å². The molecular weight excluding hydrogens is 198 g/mol. The third-order valence-corrected chi connectivity index (χ3v) is 3.29. The molecule has 1 aromatic rings. The fourth-order valence-corrected chi connectivity index (χ4v) is 2.13. The average Bonchev–Trinajstić information content (AvgIpc) is 2.80. The minimum atomic E-state index is 0.265. The number of hydrogen-bond acceptors (Lipinski definition) is 2. The standard InChI is InChI=1S/C14H21NO/c1-11-7-9-13(10-8-11)12(2)15-16-14-5-3-4-6-14/h7-10,12,14-15H,3-6H2,1-2H3. The Hall–Kier alpha value is -0.860. The van der Waals surface area contributed by atoms with Gasteiger partial charge in [0, 0.05) is 0 Å². The number of benzene rings is 1. The van der Waals surface area contributed by atoms with Crippen molar-refractivity contribution in [2.24, 2.45) is 0 Å². The van der Waals surface area contributed by atoms with Crippen molar-refractivity contribution >= 4 is 0 Å². The Labute approximate surface area is 98.0 Å². The number of rotatable bonds is 4. The summed E-state index contributed by atoms with van der Waals surface area (Å²) in [7, 11) is 0. The van der Waals surface area contributed by atoms with Crippen LogP contribution < -0.4 is 5.48 Å². The van der Waals surface area contributed by atoms with Crippen LogP contribution in [0.4, 0.5) is 0 Å². The Morgan fingerprint density at radius 2 is 1.81 bits per heavy atom. The molecule has 0 saturated heterocycles. The van der Waals surface area contributed by atoms with Crippen molar-refractivity contribution in [3.05, 3.63) is 35.4 Å². The molecule has 0 heterocycles. The molecule has 0 aromatic heterocycles. The van der Waals surface area contributed by atoms with Crippen LogP contribution in [0.1, 0.15) is 49.8 Å². The maximum Gasteiger partial charge on any atom is 0.0790 e. The summed E-state index contributed by atoms with van der Waals surface area (Å²) in [6.45, 7) is 4.25. The van der Waals surface area contributed by atoms with E-state index in [1.54, 1.807) is 0 Å². The lowest BCUT2D eigenvalue weighted by Crippen LogP contribution is -2.24. The van der Waals surface area contributed by atoms with Gasteiger partial charge >= 0.3 is 0 Å². The summed E-state index contributed by atoms with van der Waals surface area (Å²) in [6, 6.07) is 8.86. The molecule has 1 N–H and O–H groups in total. The monoisotopic (exact) mass is 219 g/mol. The zero-order chi connectivity index (χ0) is 11.4. The second-order valence-electron chi connectivity index (χ2n) is 4.77. The fraction of sp³-hybridized carbons (Fsp3) is 0.571. The Morgan fingerprint density at radius 3 is 2.44 bits per heavy atom. The topological polar surface area (TPSA) is 21.3 Å². The van der Waals surface area contributed by atoms with Crippen LogP contribution in [0.25, 0.3) is 0 Å². The van der Waals surface area contributed by atoms with Gasteiger partial charge in [0.1, 0.15) is 0 Å². The first kappa shape index (κ1) is 11.6. The molecule has 2 rings (SSSR count). The summed E-state index contributed by atoms with van der Waals surface area (Å²) in [5.74, 6) is 0. The Balaban J connectivity index is 1.82. The SMILES string of the molecule is Cc1ccc(C(C)NOC2CCCC2)cc1. The molecule has 1 saturated carbocycles. The van der Waals surface area contributed by atoms with Gasteiger partial charge in [-0.3, -0.25) is 4.84 Å². The van der Waals surface area contributed by atoms with E-state index in [9.17, 15) is 0 Å². The van der Waals surface area contributed by atoms with Gasteiger partial charge in [-0.1, -0.05) is 42.7 Å². The second kappa shape index (κ2) is 5.46. The predicted molar refractivity (Wildman–Crippen MR) is 66.1 cm³/mol. The van der Waals surface area contributed by atoms with Gasteiger partial charge in [0.05, 0.1) is 12.1 Å². The van der Waals surface area contributed by atoms with Gasteiger partial charge in [0.15, 0.2) is 0 Å². The maximum absolute atomic E-state index is 5.70. The van der Waals surface area contributed by atoms with E-state index in [4.69, 9.17) is 4.84 Å². The van der Waals surface area contributed by atoms with Gasteiger partial charge in [0.25, 0.3) is 0 Å². The van der Waals surface area contributed by atoms with E-state index < -0.39 is 0 Å².